The van der Waals surface area contributed by atoms with Crippen molar-refractivity contribution in [3.63, 3.8) is 0 Å². The van der Waals surface area contributed by atoms with Gasteiger partial charge in [-0.1, -0.05) is 11.6 Å². The molecule has 0 aliphatic rings. The highest BCUT2D eigenvalue weighted by Crippen LogP contribution is 2.38. The molecule has 0 saturated heterocycles. The molecule has 7 nitrogen and oxygen atoms in total. The number of rotatable bonds is 5. The lowest BCUT2D eigenvalue weighted by atomic mass is 10.2. The third-order valence-corrected chi connectivity index (χ3v) is 4.05. The van der Waals surface area contributed by atoms with Crippen molar-refractivity contribution in [3.05, 3.63) is 75.1 Å². The van der Waals surface area contributed by atoms with Crippen molar-refractivity contribution >= 4 is 40.3 Å². The third-order valence-electron chi connectivity index (χ3n) is 3.72. The lowest BCUT2D eigenvalue weighted by molar-refractivity contribution is -0.383. The molecule has 0 fully saturated rings. The number of aromatic nitrogens is 2. The summed E-state index contributed by atoms with van der Waals surface area (Å²) in [4.78, 5) is 17.9. The number of benzene rings is 2. The van der Waals surface area contributed by atoms with Gasteiger partial charge in [-0.25, -0.2) is 18.7 Å². The van der Waals surface area contributed by atoms with Crippen molar-refractivity contribution in [1.29, 1.82) is 0 Å². The molecule has 0 saturated carbocycles. The maximum absolute atomic E-state index is 13.9. The molecule has 3 aromatic rings. The molecule has 30 heavy (non-hydrogen) atoms. The van der Waals surface area contributed by atoms with Gasteiger partial charge < -0.3 is 10.6 Å². The van der Waals surface area contributed by atoms with Crippen molar-refractivity contribution in [2.24, 2.45) is 0 Å². The largest absolute Gasteiger partial charge is 0.417 e. The van der Waals surface area contributed by atoms with Crippen LogP contribution < -0.4 is 10.6 Å². The molecule has 0 spiro atoms. The quantitative estimate of drug-likeness (QED) is 0.292. The van der Waals surface area contributed by atoms with Crippen molar-refractivity contribution in [1.82, 2.24) is 9.97 Å². The van der Waals surface area contributed by atoms with Crippen LogP contribution in [0.1, 0.15) is 5.56 Å². The minimum absolute atomic E-state index is 0.198. The van der Waals surface area contributed by atoms with E-state index in [9.17, 15) is 32.1 Å². The normalized spacial score (nSPS) is 11.3. The number of anilines is 4. The Morgan fingerprint density at radius 1 is 1.00 bits per heavy atom. The minimum Gasteiger partial charge on any atom is -0.334 e. The Hall–Kier alpha value is -3.54. The number of halogens is 6. The monoisotopic (exact) mass is 445 g/mol. The molecule has 0 aliphatic heterocycles. The van der Waals surface area contributed by atoms with Crippen LogP contribution in [0.15, 0.2) is 42.7 Å². The summed E-state index contributed by atoms with van der Waals surface area (Å²) < 4.78 is 66.3. The SMILES string of the molecule is O=[N+]([O-])c1c(Nc2ccc(Cl)c(C(F)(F)F)c2)ncnc1Nc1cc(F)ccc1F. The molecular formula is C17H9ClF5N5O2. The third kappa shape index (κ3) is 4.54. The number of nitrogens with one attached hydrogen (secondary N) is 2. The summed E-state index contributed by atoms with van der Waals surface area (Å²) in [5.41, 5.74) is -2.60. The molecule has 0 amide bonds. The van der Waals surface area contributed by atoms with E-state index >= 15 is 0 Å². The van der Waals surface area contributed by atoms with Crippen LogP contribution in [0.4, 0.5) is 50.6 Å². The molecule has 1 aromatic heterocycles. The standard InChI is InChI=1S/C17H9ClF5N5O2/c18-11-3-2-9(6-10(11)17(21,22)23)26-15-14(28(29)30)16(25-7-24-15)27-13-5-8(19)1-4-12(13)20/h1-7H,(H2,24,25,26,27). The number of nitrogens with zero attached hydrogens (tertiary/aromatic N) is 3. The first-order valence-electron chi connectivity index (χ1n) is 7.91. The van der Waals surface area contributed by atoms with Crippen LogP contribution in [-0.4, -0.2) is 14.9 Å². The van der Waals surface area contributed by atoms with E-state index in [-0.39, 0.29) is 5.69 Å². The van der Waals surface area contributed by atoms with Gasteiger partial charge in [0.05, 0.1) is 21.2 Å². The van der Waals surface area contributed by atoms with E-state index in [1.54, 1.807) is 0 Å². The van der Waals surface area contributed by atoms with E-state index in [1.165, 1.54) is 0 Å². The lowest BCUT2D eigenvalue weighted by Gasteiger charge is -2.13. The van der Waals surface area contributed by atoms with E-state index in [0.717, 1.165) is 36.7 Å². The Balaban J connectivity index is 2.02. The van der Waals surface area contributed by atoms with Crippen LogP contribution in [0.2, 0.25) is 5.02 Å². The van der Waals surface area contributed by atoms with E-state index < -0.39 is 56.3 Å². The zero-order valence-corrected chi connectivity index (χ0v) is 15.2. The molecule has 0 bridgehead atoms. The topological polar surface area (TPSA) is 93.0 Å². The predicted molar refractivity (Wildman–Crippen MR) is 98.1 cm³/mol. The van der Waals surface area contributed by atoms with E-state index in [1.807, 2.05) is 0 Å². The van der Waals surface area contributed by atoms with Crippen LogP contribution in [0, 0.1) is 21.7 Å². The molecule has 3 rings (SSSR count). The first-order valence-corrected chi connectivity index (χ1v) is 8.29. The number of nitro groups is 1. The Kier molecular flexibility index (Phi) is 5.69. The Bertz CT molecular complexity index is 1130. The average Bonchev–Trinajstić information content (AvgIpc) is 2.65. The summed E-state index contributed by atoms with van der Waals surface area (Å²) in [6, 6.07) is 5.16. The smallest absolute Gasteiger partial charge is 0.334 e. The highest BCUT2D eigenvalue weighted by Gasteiger charge is 2.33. The van der Waals surface area contributed by atoms with Gasteiger partial charge in [0.1, 0.15) is 18.0 Å². The molecule has 2 N–H and O–H groups in total. The summed E-state index contributed by atoms with van der Waals surface area (Å²) in [5.74, 6) is -2.71. The maximum Gasteiger partial charge on any atom is 0.417 e. The molecule has 0 unspecified atom stereocenters. The highest BCUT2D eigenvalue weighted by molar-refractivity contribution is 6.31. The van der Waals surface area contributed by atoms with Crippen LogP contribution in [-0.2, 0) is 6.18 Å². The molecule has 1 heterocycles. The molecule has 0 atom stereocenters. The van der Waals surface area contributed by atoms with E-state index in [0.29, 0.717) is 6.07 Å². The Labute approximate surface area is 169 Å². The van der Waals surface area contributed by atoms with Crippen LogP contribution in [0.3, 0.4) is 0 Å². The first-order chi connectivity index (χ1) is 14.1. The van der Waals surface area contributed by atoms with E-state index in [2.05, 4.69) is 20.6 Å². The second-order valence-corrected chi connectivity index (χ2v) is 6.15. The fourth-order valence-electron chi connectivity index (χ4n) is 2.41. The van der Waals surface area contributed by atoms with Gasteiger partial charge in [-0.05, 0) is 30.3 Å². The van der Waals surface area contributed by atoms with E-state index in [4.69, 9.17) is 11.6 Å². The van der Waals surface area contributed by atoms with Gasteiger partial charge in [0.15, 0.2) is 0 Å². The summed E-state index contributed by atoms with van der Waals surface area (Å²) in [7, 11) is 0. The number of alkyl halides is 3. The van der Waals surface area contributed by atoms with Gasteiger partial charge in [-0.2, -0.15) is 13.2 Å². The highest BCUT2D eigenvalue weighted by atomic mass is 35.5. The molecule has 13 heteroatoms. The van der Waals surface area contributed by atoms with Gasteiger partial charge in [0, 0.05) is 11.8 Å². The summed E-state index contributed by atoms with van der Waals surface area (Å²) in [5, 5.41) is 15.6. The molecule has 0 aliphatic carbocycles. The zero-order valence-electron chi connectivity index (χ0n) is 14.5. The van der Waals surface area contributed by atoms with Gasteiger partial charge in [0.25, 0.3) is 0 Å². The molecule has 0 radical (unpaired) electrons. The number of hydrogen-bond acceptors (Lipinski definition) is 6. The van der Waals surface area contributed by atoms with Crippen molar-refractivity contribution < 1.29 is 26.9 Å². The summed E-state index contributed by atoms with van der Waals surface area (Å²) in [6.07, 6.45) is -3.90. The molecule has 2 aromatic carbocycles. The van der Waals surface area contributed by atoms with Crippen molar-refractivity contribution in [3.8, 4) is 0 Å². The predicted octanol–water partition coefficient (Wildman–Crippen LogP) is 5.82. The van der Waals surface area contributed by atoms with Crippen molar-refractivity contribution in [2.75, 3.05) is 10.6 Å². The Morgan fingerprint density at radius 3 is 2.30 bits per heavy atom. The summed E-state index contributed by atoms with van der Waals surface area (Å²) >= 11 is 5.55. The average molecular weight is 446 g/mol. The second-order valence-electron chi connectivity index (χ2n) is 5.74. The minimum atomic E-state index is -4.76. The van der Waals surface area contributed by atoms with Gasteiger partial charge >= 0.3 is 11.9 Å². The number of hydrogen-bond donors (Lipinski definition) is 2. The lowest BCUT2D eigenvalue weighted by Crippen LogP contribution is -2.08. The molecular weight excluding hydrogens is 437 g/mol. The second kappa shape index (κ2) is 8.06. The fourth-order valence-corrected chi connectivity index (χ4v) is 2.64. The zero-order chi connectivity index (χ0) is 22.1. The fraction of sp³-hybridized carbons (Fsp3) is 0.0588. The first kappa shape index (κ1) is 21.2. The maximum atomic E-state index is 13.9. The van der Waals surface area contributed by atoms with Gasteiger partial charge in [-0.15, -0.1) is 0 Å². The summed E-state index contributed by atoms with van der Waals surface area (Å²) in [6.45, 7) is 0. The van der Waals surface area contributed by atoms with Gasteiger partial charge in [-0.3, -0.25) is 10.1 Å². The van der Waals surface area contributed by atoms with Crippen LogP contribution in [0.25, 0.3) is 0 Å². The molecule has 156 valence electrons. The van der Waals surface area contributed by atoms with Crippen molar-refractivity contribution in [2.45, 2.75) is 6.18 Å². The Morgan fingerprint density at radius 2 is 1.67 bits per heavy atom. The van der Waals surface area contributed by atoms with Crippen LogP contribution >= 0.6 is 11.6 Å². The van der Waals surface area contributed by atoms with Crippen LogP contribution in [0.5, 0.6) is 0 Å². The van der Waals surface area contributed by atoms with Gasteiger partial charge in [0.2, 0.25) is 11.6 Å².